The molecule has 0 spiro atoms. The van der Waals surface area contributed by atoms with Crippen molar-refractivity contribution in [2.24, 2.45) is 10.9 Å². The summed E-state index contributed by atoms with van der Waals surface area (Å²) in [6.07, 6.45) is 5.52. The number of thioether (sulfide) groups is 1. The van der Waals surface area contributed by atoms with Gasteiger partial charge in [0.05, 0.1) is 6.54 Å². The third-order valence-corrected chi connectivity index (χ3v) is 3.91. The van der Waals surface area contributed by atoms with Crippen LogP contribution < -0.4 is 5.32 Å². The van der Waals surface area contributed by atoms with E-state index in [0.717, 1.165) is 12.5 Å². The van der Waals surface area contributed by atoms with Crippen LogP contribution in [0.4, 0.5) is 0 Å². The highest BCUT2D eigenvalue weighted by Crippen LogP contribution is 2.24. The van der Waals surface area contributed by atoms with Gasteiger partial charge in [0.2, 0.25) is 0 Å². The third kappa shape index (κ3) is 2.39. The molecule has 0 aromatic carbocycles. The first-order valence-corrected chi connectivity index (χ1v) is 6.28. The Kier molecular flexibility index (Phi) is 3.14. The largest absolute Gasteiger partial charge is 0.362 e. The first-order valence-electron chi connectivity index (χ1n) is 5.30. The summed E-state index contributed by atoms with van der Waals surface area (Å²) in [5.74, 6) is 2.00. The fraction of sp³-hybridized carbons (Fsp3) is 0.900. The van der Waals surface area contributed by atoms with E-state index in [0.29, 0.717) is 6.04 Å². The van der Waals surface area contributed by atoms with Crippen molar-refractivity contribution in [1.29, 1.82) is 0 Å². The Balaban J connectivity index is 1.85. The van der Waals surface area contributed by atoms with Crippen molar-refractivity contribution < 1.29 is 0 Å². The highest BCUT2D eigenvalue weighted by atomic mass is 32.2. The monoisotopic (exact) mass is 198 g/mol. The number of hydrogen-bond acceptors (Lipinski definition) is 3. The average Bonchev–Trinajstić information content (AvgIpc) is 2.61. The van der Waals surface area contributed by atoms with Gasteiger partial charge in [-0.2, -0.15) is 0 Å². The Labute approximate surface area is 84.6 Å². The van der Waals surface area contributed by atoms with E-state index in [-0.39, 0.29) is 0 Å². The van der Waals surface area contributed by atoms with Crippen LogP contribution in [0, 0.1) is 5.92 Å². The predicted octanol–water partition coefficient (Wildman–Crippen LogP) is 2.26. The molecule has 1 saturated carbocycles. The van der Waals surface area contributed by atoms with Gasteiger partial charge in [-0.1, -0.05) is 31.5 Å². The van der Waals surface area contributed by atoms with Gasteiger partial charge in [0.1, 0.15) is 0 Å². The van der Waals surface area contributed by atoms with Crippen molar-refractivity contribution in [2.75, 3.05) is 12.3 Å². The molecule has 1 aliphatic heterocycles. The van der Waals surface area contributed by atoms with Gasteiger partial charge in [0.15, 0.2) is 5.17 Å². The average molecular weight is 198 g/mol. The highest BCUT2D eigenvalue weighted by Gasteiger charge is 2.22. The van der Waals surface area contributed by atoms with Crippen LogP contribution in [0.1, 0.15) is 32.6 Å². The second-order valence-electron chi connectivity index (χ2n) is 4.05. The van der Waals surface area contributed by atoms with Gasteiger partial charge in [-0.15, -0.1) is 0 Å². The fourth-order valence-electron chi connectivity index (χ4n) is 2.11. The summed E-state index contributed by atoms with van der Waals surface area (Å²) >= 11 is 1.88. The lowest BCUT2D eigenvalue weighted by Crippen LogP contribution is -2.39. The Hall–Kier alpha value is -0.180. The molecule has 2 rings (SSSR count). The first kappa shape index (κ1) is 9.38. The van der Waals surface area contributed by atoms with E-state index >= 15 is 0 Å². The number of rotatable bonds is 1. The summed E-state index contributed by atoms with van der Waals surface area (Å²) in [6.45, 7) is 3.37. The zero-order valence-electron chi connectivity index (χ0n) is 8.25. The van der Waals surface area contributed by atoms with Crippen molar-refractivity contribution in [3.63, 3.8) is 0 Å². The smallest absolute Gasteiger partial charge is 0.156 e. The normalized spacial score (nSPS) is 34.4. The van der Waals surface area contributed by atoms with Crippen LogP contribution in [0.3, 0.4) is 0 Å². The first-order chi connectivity index (χ1) is 6.36. The van der Waals surface area contributed by atoms with Crippen LogP contribution in [0.15, 0.2) is 4.99 Å². The molecule has 0 bridgehead atoms. The second kappa shape index (κ2) is 4.36. The molecule has 13 heavy (non-hydrogen) atoms. The van der Waals surface area contributed by atoms with Crippen molar-refractivity contribution in [3.8, 4) is 0 Å². The molecule has 3 heteroatoms. The van der Waals surface area contributed by atoms with E-state index in [4.69, 9.17) is 0 Å². The summed E-state index contributed by atoms with van der Waals surface area (Å²) in [5, 5.41) is 4.77. The Morgan fingerprint density at radius 1 is 1.38 bits per heavy atom. The van der Waals surface area contributed by atoms with Crippen molar-refractivity contribution >= 4 is 16.9 Å². The van der Waals surface area contributed by atoms with Crippen LogP contribution in [0.5, 0.6) is 0 Å². The van der Waals surface area contributed by atoms with Crippen LogP contribution in [0.25, 0.3) is 0 Å². The van der Waals surface area contributed by atoms with Crippen LogP contribution in [0.2, 0.25) is 0 Å². The zero-order valence-corrected chi connectivity index (χ0v) is 9.07. The van der Waals surface area contributed by atoms with Crippen LogP contribution in [-0.4, -0.2) is 23.5 Å². The SMILES string of the molecule is C[C@@H]1CCCC[C@H]1NC1=NCCS1. The molecule has 74 valence electrons. The minimum Gasteiger partial charge on any atom is -0.362 e. The second-order valence-corrected chi connectivity index (χ2v) is 5.13. The van der Waals surface area contributed by atoms with Gasteiger partial charge in [0, 0.05) is 11.8 Å². The summed E-state index contributed by atoms with van der Waals surface area (Å²) < 4.78 is 0. The fourth-order valence-corrected chi connectivity index (χ4v) is 2.90. The molecular weight excluding hydrogens is 180 g/mol. The molecule has 0 aromatic rings. The summed E-state index contributed by atoms with van der Waals surface area (Å²) in [4.78, 5) is 4.43. The van der Waals surface area contributed by atoms with E-state index in [1.807, 2.05) is 11.8 Å². The van der Waals surface area contributed by atoms with Gasteiger partial charge < -0.3 is 5.32 Å². The minimum atomic E-state index is 0.693. The number of aliphatic imine (C=N–C) groups is 1. The standard InChI is InChI=1S/C10H18N2S/c1-8-4-2-3-5-9(8)12-10-11-6-7-13-10/h8-9H,2-7H2,1H3,(H,11,12)/t8-,9-/m1/s1. The van der Waals surface area contributed by atoms with E-state index in [1.165, 1.54) is 36.6 Å². The number of amidine groups is 1. The molecule has 2 nitrogen and oxygen atoms in total. The number of nitrogens with zero attached hydrogens (tertiary/aromatic N) is 1. The molecule has 0 unspecified atom stereocenters. The quantitative estimate of drug-likeness (QED) is 0.699. The predicted molar refractivity (Wildman–Crippen MR) is 59.3 cm³/mol. The lowest BCUT2D eigenvalue weighted by molar-refractivity contribution is 0.310. The molecule has 2 atom stereocenters. The molecule has 1 heterocycles. The molecule has 0 amide bonds. The number of nitrogens with one attached hydrogen (secondary N) is 1. The molecule has 1 aliphatic carbocycles. The molecule has 0 saturated heterocycles. The van der Waals surface area contributed by atoms with Gasteiger partial charge in [-0.05, 0) is 18.8 Å². The van der Waals surface area contributed by atoms with Crippen LogP contribution in [-0.2, 0) is 0 Å². The Morgan fingerprint density at radius 3 is 2.92 bits per heavy atom. The van der Waals surface area contributed by atoms with Crippen LogP contribution >= 0.6 is 11.8 Å². The van der Waals surface area contributed by atoms with E-state index < -0.39 is 0 Å². The van der Waals surface area contributed by atoms with E-state index in [2.05, 4.69) is 17.2 Å². The Bertz CT molecular complexity index is 203. The molecule has 1 N–H and O–H groups in total. The highest BCUT2D eigenvalue weighted by molar-refractivity contribution is 8.14. The Morgan fingerprint density at radius 2 is 2.23 bits per heavy atom. The van der Waals surface area contributed by atoms with Crippen molar-refractivity contribution in [3.05, 3.63) is 0 Å². The third-order valence-electron chi connectivity index (χ3n) is 3.01. The van der Waals surface area contributed by atoms with Gasteiger partial charge in [0.25, 0.3) is 0 Å². The van der Waals surface area contributed by atoms with Gasteiger partial charge in [-0.25, -0.2) is 0 Å². The summed E-state index contributed by atoms with van der Waals surface area (Å²) in [6, 6.07) is 0.693. The van der Waals surface area contributed by atoms with E-state index in [9.17, 15) is 0 Å². The van der Waals surface area contributed by atoms with Gasteiger partial charge in [-0.3, -0.25) is 4.99 Å². The molecular formula is C10H18N2S. The lowest BCUT2D eigenvalue weighted by atomic mass is 9.86. The summed E-state index contributed by atoms with van der Waals surface area (Å²) in [7, 11) is 0. The van der Waals surface area contributed by atoms with Crippen molar-refractivity contribution in [2.45, 2.75) is 38.6 Å². The van der Waals surface area contributed by atoms with E-state index in [1.54, 1.807) is 0 Å². The molecule has 2 aliphatic rings. The maximum atomic E-state index is 4.43. The van der Waals surface area contributed by atoms with Crippen molar-refractivity contribution in [1.82, 2.24) is 5.32 Å². The molecule has 1 fully saturated rings. The lowest BCUT2D eigenvalue weighted by Gasteiger charge is -2.29. The molecule has 0 aromatic heterocycles. The minimum absolute atomic E-state index is 0.693. The maximum absolute atomic E-state index is 4.43. The molecule has 0 radical (unpaired) electrons. The summed E-state index contributed by atoms with van der Waals surface area (Å²) in [5.41, 5.74) is 0. The number of hydrogen-bond donors (Lipinski definition) is 1. The maximum Gasteiger partial charge on any atom is 0.156 e. The van der Waals surface area contributed by atoms with Gasteiger partial charge >= 0.3 is 0 Å². The topological polar surface area (TPSA) is 24.4 Å². The zero-order chi connectivity index (χ0) is 9.10.